The van der Waals surface area contributed by atoms with Gasteiger partial charge < -0.3 is 22.1 Å². The average molecular weight is 262 g/mol. The van der Waals surface area contributed by atoms with Gasteiger partial charge in [-0.1, -0.05) is 0 Å². The van der Waals surface area contributed by atoms with E-state index in [-0.39, 0.29) is 24.3 Å². The van der Waals surface area contributed by atoms with Crippen molar-refractivity contribution in [2.45, 2.75) is 32.2 Å². The summed E-state index contributed by atoms with van der Waals surface area (Å²) in [5.74, 6) is -0.363. The number of nitrogen functional groups attached to an aromatic ring is 1. The number of fused-ring (bicyclic) bond motifs is 1. The van der Waals surface area contributed by atoms with E-state index in [1.54, 1.807) is 6.07 Å². The minimum atomic E-state index is -0.371. The van der Waals surface area contributed by atoms with E-state index < -0.39 is 0 Å². The summed E-state index contributed by atoms with van der Waals surface area (Å²) in [6.45, 7) is 1.85. The smallest absolute Gasteiger partial charge is 0.224 e. The van der Waals surface area contributed by atoms with Gasteiger partial charge in [-0.25, -0.2) is 0 Å². The Morgan fingerprint density at radius 3 is 2.89 bits per heavy atom. The third-order valence-electron chi connectivity index (χ3n) is 3.08. The number of hydrogen-bond acceptors (Lipinski definition) is 4. The van der Waals surface area contributed by atoms with Crippen LogP contribution < -0.4 is 22.1 Å². The lowest BCUT2D eigenvalue weighted by atomic mass is 10.0. The largest absolute Gasteiger partial charge is 0.397 e. The van der Waals surface area contributed by atoms with Crippen LogP contribution in [0.4, 0.5) is 17.1 Å². The monoisotopic (exact) mass is 262 g/mol. The molecule has 19 heavy (non-hydrogen) atoms. The van der Waals surface area contributed by atoms with Crippen LogP contribution in [0.5, 0.6) is 0 Å². The summed E-state index contributed by atoms with van der Waals surface area (Å²) in [6.07, 6.45) is 1.41. The van der Waals surface area contributed by atoms with Gasteiger partial charge in [-0.15, -0.1) is 0 Å². The van der Waals surface area contributed by atoms with Gasteiger partial charge in [0.05, 0.1) is 11.4 Å². The van der Waals surface area contributed by atoms with Gasteiger partial charge in [0.15, 0.2) is 0 Å². The summed E-state index contributed by atoms with van der Waals surface area (Å²) in [6, 6.07) is 3.55. The Morgan fingerprint density at radius 2 is 2.21 bits per heavy atom. The highest BCUT2D eigenvalue weighted by Crippen LogP contribution is 2.31. The minimum Gasteiger partial charge on any atom is -0.397 e. The van der Waals surface area contributed by atoms with E-state index in [9.17, 15) is 9.59 Å². The SMILES string of the molecule is CC(CC(N)=O)Nc1cc2c(cc1N)CCC(=O)N2. The van der Waals surface area contributed by atoms with Crippen molar-refractivity contribution in [2.75, 3.05) is 16.4 Å². The number of carbonyl (C=O) groups is 2. The number of amides is 2. The van der Waals surface area contributed by atoms with E-state index in [4.69, 9.17) is 11.5 Å². The summed E-state index contributed by atoms with van der Waals surface area (Å²) >= 11 is 0. The summed E-state index contributed by atoms with van der Waals surface area (Å²) in [5, 5.41) is 5.94. The van der Waals surface area contributed by atoms with Crippen molar-refractivity contribution in [3.05, 3.63) is 17.7 Å². The number of hydrogen-bond donors (Lipinski definition) is 4. The molecule has 0 spiro atoms. The quantitative estimate of drug-likeness (QED) is 0.602. The summed E-state index contributed by atoms with van der Waals surface area (Å²) < 4.78 is 0. The number of anilines is 3. The maximum absolute atomic E-state index is 11.4. The number of carbonyl (C=O) groups excluding carboxylic acids is 2. The number of nitrogens with two attached hydrogens (primary N) is 2. The zero-order valence-electron chi connectivity index (χ0n) is 10.8. The van der Waals surface area contributed by atoms with Gasteiger partial charge in [-0.2, -0.15) is 0 Å². The second kappa shape index (κ2) is 5.17. The van der Waals surface area contributed by atoms with E-state index in [2.05, 4.69) is 10.6 Å². The maximum atomic E-state index is 11.4. The fraction of sp³-hybridized carbons (Fsp3) is 0.385. The fourth-order valence-electron chi connectivity index (χ4n) is 2.19. The standard InChI is InChI=1S/C13H18N4O2/c1-7(4-12(15)18)16-11-6-10-8(5-9(11)14)2-3-13(19)17-10/h5-7,16H,2-4,14H2,1H3,(H2,15,18)(H,17,19). The molecule has 0 saturated heterocycles. The van der Waals surface area contributed by atoms with Crippen LogP contribution in [-0.4, -0.2) is 17.9 Å². The molecule has 6 N–H and O–H groups in total. The van der Waals surface area contributed by atoms with Crippen LogP contribution in [0.15, 0.2) is 12.1 Å². The number of benzene rings is 1. The Bertz CT molecular complexity index is 528. The Morgan fingerprint density at radius 1 is 1.47 bits per heavy atom. The molecule has 0 radical (unpaired) electrons. The predicted octanol–water partition coefficient (Wildman–Crippen LogP) is 0.829. The molecule has 0 aromatic heterocycles. The molecular weight excluding hydrogens is 244 g/mol. The molecule has 6 heteroatoms. The molecule has 1 aliphatic rings. The minimum absolute atomic E-state index is 0.00778. The number of nitrogens with one attached hydrogen (secondary N) is 2. The van der Waals surface area contributed by atoms with E-state index >= 15 is 0 Å². The van der Waals surface area contributed by atoms with E-state index in [1.165, 1.54) is 0 Å². The first-order valence-corrected chi connectivity index (χ1v) is 6.23. The van der Waals surface area contributed by atoms with E-state index in [1.807, 2.05) is 13.0 Å². The lowest BCUT2D eigenvalue weighted by molar-refractivity contribution is -0.118. The molecule has 1 heterocycles. The van der Waals surface area contributed by atoms with Gasteiger partial charge >= 0.3 is 0 Å². The van der Waals surface area contributed by atoms with Crippen LogP contribution >= 0.6 is 0 Å². The topological polar surface area (TPSA) is 110 Å². The van der Waals surface area contributed by atoms with Gasteiger partial charge in [0, 0.05) is 24.6 Å². The Labute approximate surface area is 111 Å². The second-order valence-electron chi connectivity index (χ2n) is 4.86. The molecule has 0 fully saturated rings. The van der Waals surface area contributed by atoms with E-state index in [0.29, 0.717) is 24.2 Å². The Balaban J connectivity index is 2.19. The van der Waals surface area contributed by atoms with Gasteiger partial charge in [0.25, 0.3) is 0 Å². The van der Waals surface area contributed by atoms with Crippen molar-refractivity contribution < 1.29 is 9.59 Å². The highest BCUT2D eigenvalue weighted by molar-refractivity contribution is 5.95. The first kappa shape index (κ1) is 13.2. The number of primary amides is 1. The average Bonchev–Trinajstić information content (AvgIpc) is 2.29. The molecule has 1 aromatic carbocycles. The fourth-order valence-corrected chi connectivity index (χ4v) is 2.19. The number of rotatable bonds is 4. The molecule has 102 valence electrons. The zero-order valence-corrected chi connectivity index (χ0v) is 10.8. The van der Waals surface area contributed by atoms with E-state index in [0.717, 1.165) is 11.3 Å². The van der Waals surface area contributed by atoms with Gasteiger partial charge in [0.2, 0.25) is 11.8 Å². The Kier molecular flexibility index (Phi) is 3.59. The first-order valence-electron chi connectivity index (χ1n) is 6.23. The third kappa shape index (κ3) is 3.15. The van der Waals surface area contributed by atoms with Crippen LogP contribution in [0, 0.1) is 0 Å². The summed E-state index contributed by atoms with van der Waals surface area (Å²) in [7, 11) is 0. The highest BCUT2D eigenvalue weighted by Gasteiger charge is 2.17. The van der Waals surface area contributed by atoms with Crippen LogP contribution in [0.3, 0.4) is 0 Å². The van der Waals surface area contributed by atoms with Crippen molar-refractivity contribution in [3.8, 4) is 0 Å². The molecular formula is C13H18N4O2. The summed E-state index contributed by atoms with van der Waals surface area (Å²) in [5.41, 5.74) is 14.2. The van der Waals surface area contributed by atoms with Crippen LogP contribution in [0.2, 0.25) is 0 Å². The van der Waals surface area contributed by atoms with Crippen molar-refractivity contribution in [1.29, 1.82) is 0 Å². The molecule has 0 bridgehead atoms. The zero-order chi connectivity index (χ0) is 14.0. The third-order valence-corrected chi connectivity index (χ3v) is 3.08. The Hall–Kier alpha value is -2.24. The molecule has 0 saturated carbocycles. The van der Waals surface area contributed by atoms with Crippen molar-refractivity contribution in [3.63, 3.8) is 0 Å². The lowest BCUT2D eigenvalue weighted by Crippen LogP contribution is -2.25. The molecule has 6 nitrogen and oxygen atoms in total. The molecule has 1 aromatic rings. The normalized spacial score (nSPS) is 15.3. The molecule has 2 amide bonds. The van der Waals surface area contributed by atoms with Gasteiger partial charge in [-0.05, 0) is 31.0 Å². The van der Waals surface area contributed by atoms with Crippen molar-refractivity contribution >= 4 is 28.9 Å². The number of aryl methyl sites for hydroxylation is 1. The lowest BCUT2D eigenvalue weighted by Gasteiger charge is -2.21. The van der Waals surface area contributed by atoms with Crippen LogP contribution in [-0.2, 0) is 16.0 Å². The van der Waals surface area contributed by atoms with Crippen molar-refractivity contribution in [1.82, 2.24) is 0 Å². The second-order valence-corrected chi connectivity index (χ2v) is 4.86. The van der Waals surface area contributed by atoms with Gasteiger partial charge in [-0.3, -0.25) is 9.59 Å². The van der Waals surface area contributed by atoms with Crippen LogP contribution in [0.25, 0.3) is 0 Å². The van der Waals surface area contributed by atoms with Gasteiger partial charge in [0.1, 0.15) is 0 Å². The van der Waals surface area contributed by atoms with Crippen LogP contribution in [0.1, 0.15) is 25.3 Å². The van der Waals surface area contributed by atoms with Crippen molar-refractivity contribution in [2.24, 2.45) is 5.73 Å². The molecule has 2 rings (SSSR count). The summed E-state index contributed by atoms with van der Waals surface area (Å²) in [4.78, 5) is 22.2. The highest BCUT2D eigenvalue weighted by atomic mass is 16.2. The predicted molar refractivity (Wildman–Crippen MR) is 74.7 cm³/mol. The molecule has 1 unspecified atom stereocenters. The maximum Gasteiger partial charge on any atom is 0.224 e. The molecule has 0 aliphatic carbocycles. The molecule has 1 aliphatic heterocycles. The molecule has 1 atom stereocenters. The first-order chi connectivity index (χ1) is 8.95.